The molecule has 35 heavy (non-hydrogen) atoms. The van der Waals surface area contributed by atoms with Crippen molar-refractivity contribution in [3.05, 3.63) is 81.4 Å². The third kappa shape index (κ3) is 4.96. The molecule has 10 nitrogen and oxygen atoms in total. The Morgan fingerprint density at radius 1 is 0.829 bits per heavy atom. The number of amides is 2. The smallest absolute Gasteiger partial charge is 0.242 e. The van der Waals surface area contributed by atoms with Crippen molar-refractivity contribution in [2.75, 3.05) is 6.54 Å². The van der Waals surface area contributed by atoms with Gasteiger partial charge in [-0.2, -0.15) is 10.2 Å². The van der Waals surface area contributed by atoms with Gasteiger partial charge < -0.3 is 10.6 Å². The fraction of sp³-hybridized carbons (Fsp3) is 0.280. The van der Waals surface area contributed by atoms with E-state index in [1.54, 1.807) is 48.5 Å². The summed E-state index contributed by atoms with van der Waals surface area (Å²) in [6.45, 7) is 0.205. The summed E-state index contributed by atoms with van der Waals surface area (Å²) in [6.07, 6.45) is 4.37. The molecule has 178 valence electrons. The van der Waals surface area contributed by atoms with Gasteiger partial charge in [-0.15, -0.1) is 0 Å². The maximum atomic E-state index is 12.8. The fourth-order valence-electron chi connectivity index (χ4n) is 4.21. The lowest BCUT2D eigenvalue weighted by atomic mass is 10.2. The molecule has 2 aromatic heterocycles. The third-order valence-electron chi connectivity index (χ3n) is 6.17. The molecule has 2 aromatic carbocycles. The molecule has 0 saturated heterocycles. The Hall–Kier alpha value is -4.34. The minimum atomic E-state index is -0.265. The first kappa shape index (κ1) is 22.5. The number of aromatic nitrogens is 4. The number of para-hydroxylation sites is 2. The number of hydrogen-bond acceptors (Lipinski definition) is 6. The van der Waals surface area contributed by atoms with Crippen molar-refractivity contribution in [3.63, 3.8) is 0 Å². The number of benzene rings is 2. The molecule has 2 N–H and O–H groups in total. The first-order valence-corrected chi connectivity index (χ1v) is 11.5. The van der Waals surface area contributed by atoms with E-state index >= 15 is 0 Å². The van der Waals surface area contributed by atoms with Crippen LogP contribution in [-0.2, 0) is 22.7 Å². The van der Waals surface area contributed by atoms with Crippen LogP contribution in [0, 0.1) is 5.92 Å². The summed E-state index contributed by atoms with van der Waals surface area (Å²) >= 11 is 0. The first-order valence-electron chi connectivity index (χ1n) is 11.5. The van der Waals surface area contributed by atoms with Crippen LogP contribution in [0.15, 0.2) is 70.5 Å². The lowest BCUT2D eigenvalue weighted by Crippen LogP contribution is -2.46. The molecular formula is C25H24N6O4. The van der Waals surface area contributed by atoms with Crippen molar-refractivity contribution in [3.8, 4) is 0 Å². The van der Waals surface area contributed by atoms with E-state index in [0.717, 1.165) is 12.8 Å². The van der Waals surface area contributed by atoms with Crippen LogP contribution < -0.4 is 21.5 Å². The van der Waals surface area contributed by atoms with Gasteiger partial charge in [0.25, 0.3) is 0 Å². The molecule has 2 heterocycles. The van der Waals surface area contributed by atoms with Crippen molar-refractivity contribution in [1.29, 1.82) is 0 Å². The zero-order valence-electron chi connectivity index (χ0n) is 18.9. The topological polar surface area (TPSA) is 128 Å². The van der Waals surface area contributed by atoms with Crippen molar-refractivity contribution in [1.82, 2.24) is 30.2 Å². The molecule has 10 heteroatoms. The Labute approximate surface area is 199 Å². The molecule has 0 aliphatic heterocycles. The quantitative estimate of drug-likeness (QED) is 0.391. The van der Waals surface area contributed by atoms with Crippen LogP contribution in [0.4, 0.5) is 0 Å². The fourth-order valence-corrected chi connectivity index (χ4v) is 4.21. The van der Waals surface area contributed by atoms with Gasteiger partial charge in [0.05, 0.1) is 23.4 Å². The maximum Gasteiger partial charge on any atom is 0.242 e. The van der Waals surface area contributed by atoms with Gasteiger partial charge in [-0.3, -0.25) is 28.5 Å². The Morgan fingerprint density at radius 3 is 1.89 bits per heavy atom. The number of nitrogens with zero attached hydrogens (tertiary/aromatic N) is 4. The van der Waals surface area contributed by atoms with Gasteiger partial charge >= 0.3 is 0 Å². The molecule has 0 spiro atoms. The van der Waals surface area contributed by atoms with E-state index in [1.165, 1.54) is 21.8 Å². The lowest BCUT2D eigenvalue weighted by Gasteiger charge is -2.20. The van der Waals surface area contributed by atoms with Crippen molar-refractivity contribution >= 4 is 33.6 Å². The molecule has 4 aromatic rings. The predicted octanol–water partition coefficient (Wildman–Crippen LogP) is 0.818. The molecule has 1 aliphatic rings. The zero-order valence-corrected chi connectivity index (χ0v) is 18.9. The average molecular weight is 473 g/mol. The Balaban J connectivity index is 1.22. The average Bonchev–Trinajstić information content (AvgIpc) is 3.71. The van der Waals surface area contributed by atoms with Crippen LogP contribution >= 0.6 is 0 Å². The predicted molar refractivity (Wildman–Crippen MR) is 130 cm³/mol. The standard InChI is InChI=1S/C25H24N6O4/c32-22-12-27-30(20-7-3-1-5-17(20)22)14-24(34)26-11-19(16-9-10-16)29-25(35)15-31-21-8-4-2-6-18(21)23(33)13-28-31/h1-8,12-13,16,19H,9-11,14-15H2,(H,26,34)(H,29,35). The van der Waals surface area contributed by atoms with Crippen LogP contribution in [0.5, 0.6) is 0 Å². The molecule has 5 rings (SSSR count). The summed E-state index contributed by atoms with van der Waals surface area (Å²) in [7, 11) is 0. The van der Waals surface area contributed by atoms with Gasteiger partial charge in [-0.05, 0) is 43.0 Å². The molecular weight excluding hydrogens is 448 g/mol. The van der Waals surface area contributed by atoms with Gasteiger partial charge in [0, 0.05) is 23.4 Å². The second-order valence-corrected chi connectivity index (χ2v) is 8.68. The van der Waals surface area contributed by atoms with Crippen LogP contribution in [0.3, 0.4) is 0 Å². The number of nitrogens with one attached hydrogen (secondary N) is 2. The van der Waals surface area contributed by atoms with E-state index in [9.17, 15) is 19.2 Å². The van der Waals surface area contributed by atoms with Gasteiger partial charge in [0.1, 0.15) is 13.1 Å². The van der Waals surface area contributed by atoms with Gasteiger partial charge in [0.15, 0.2) is 0 Å². The monoisotopic (exact) mass is 472 g/mol. The molecule has 0 bridgehead atoms. The van der Waals surface area contributed by atoms with E-state index in [2.05, 4.69) is 20.8 Å². The summed E-state index contributed by atoms with van der Waals surface area (Å²) in [5.41, 5.74) is 0.787. The highest BCUT2D eigenvalue weighted by Crippen LogP contribution is 2.32. The molecule has 1 saturated carbocycles. The Kier molecular flexibility index (Phi) is 6.09. The second-order valence-electron chi connectivity index (χ2n) is 8.68. The molecule has 1 atom stereocenters. The number of carbonyl (C=O) groups excluding carboxylic acids is 2. The van der Waals surface area contributed by atoms with Crippen LogP contribution in [0.2, 0.25) is 0 Å². The van der Waals surface area contributed by atoms with Crippen LogP contribution in [0.25, 0.3) is 21.8 Å². The molecule has 0 radical (unpaired) electrons. The molecule has 1 fully saturated rings. The van der Waals surface area contributed by atoms with Crippen LogP contribution in [-0.4, -0.2) is 44.0 Å². The summed E-state index contributed by atoms with van der Waals surface area (Å²) in [5, 5.41) is 15.1. The number of fused-ring (bicyclic) bond motifs is 2. The van der Waals surface area contributed by atoms with Crippen LogP contribution in [0.1, 0.15) is 12.8 Å². The van der Waals surface area contributed by atoms with E-state index in [1.807, 2.05) is 0 Å². The van der Waals surface area contributed by atoms with Crippen molar-refractivity contribution < 1.29 is 9.59 Å². The van der Waals surface area contributed by atoms with Crippen molar-refractivity contribution in [2.24, 2.45) is 5.92 Å². The second kappa shape index (κ2) is 9.49. The first-order chi connectivity index (χ1) is 17.0. The van der Waals surface area contributed by atoms with Crippen molar-refractivity contribution in [2.45, 2.75) is 32.0 Å². The Bertz CT molecular complexity index is 1540. The minimum Gasteiger partial charge on any atom is -0.352 e. The van der Waals surface area contributed by atoms with E-state index < -0.39 is 0 Å². The number of hydrogen-bond donors (Lipinski definition) is 2. The summed E-state index contributed by atoms with van der Waals surface area (Å²) in [6, 6.07) is 13.8. The van der Waals surface area contributed by atoms with E-state index in [-0.39, 0.29) is 48.3 Å². The maximum absolute atomic E-state index is 12.8. The highest BCUT2D eigenvalue weighted by molar-refractivity contribution is 5.83. The summed E-state index contributed by atoms with van der Waals surface area (Å²) < 4.78 is 2.99. The Morgan fingerprint density at radius 2 is 1.34 bits per heavy atom. The largest absolute Gasteiger partial charge is 0.352 e. The van der Waals surface area contributed by atoms with Gasteiger partial charge in [-0.25, -0.2) is 0 Å². The van der Waals surface area contributed by atoms with Gasteiger partial charge in [-0.1, -0.05) is 24.3 Å². The zero-order chi connectivity index (χ0) is 24.4. The highest BCUT2D eigenvalue weighted by Gasteiger charge is 2.32. The number of rotatable bonds is 8. The van der Waals surface area contributed by atoms with Gasteiger partial charge in [0.2, 0.25) is 22.7 Å². The minimum absolute atomic E-state index is 0.0364. The SMILES string of the molecule is O=C(Cn1ncc(=O)c2ccccc21)NCC(NC(=O)Cn1ncc(=O)c2ccccc21)C1CC1. The summed E-state index contributed by atoms with van der Waals surface area (Å²) in [4.78, 5) is 49.4. The molecule has 1 aliphatic carbocycles. The molecule has 2 amide bonds. The normalized spacial score (nSPS) is 14.1. The van der Waals surface area contributed by atoms with E-state index in [0.29, 0.717) is 27.7 Å². The molecule has 1 unspecified atom stereocenters. The third-order valence-corrected chi connectivity index (χ3v) is 6.17. The van der Waals surface area contributed by atoms with E-state index in [4.69, 9.17) is 0 Å². The summed E-state index contributed by atoms with van der Waals surface area (Å²) in [5.74, 6) is -0.214. The lowest BCUT2D eigenvalue weighted by molar-refractivity contribution is -0.124. The number of carbonyl (C=O) groups is 2. The highest BCUT2D eigenvalue weighted by atomic mass is 16.2.